The molecular weight excluding hydrogens is 332 g/mol. The molecule has 0 fully saturated rings. The number of nitrogens with zero attached hydrogens (tertiary/aromatic N) is 4. The van der Waals surface area contributed by atoms with Crippen LogP contribution in [0, 0.1) is 6.92 Å². The van der Waals surface area contributed by atoms with Crippen molar-refractivity contribution in [2.75, 3.05) is 11.9 Å². The number of amides is 2. The van der Waals surface area contributed by atoms with Crippen LogP contribution in [0.2, 0.25) is 0 Å². The highest BCUT2D eigenvalue weighted by molar-refractivity contribution is 9.10. The lowest BCUT2D eigenvalue weighted by atomic mass is 10.1. The smallest absolute Gasteiger partial charge is 0.323 e. The molecule has 6 heteroatoms. The molecule has 0 N–H and O–H groups in total. The molecule has 1 aliphatic heterocycles. The Labute approximate surface area is 132 Å². The molecule has 1 aromatic carbocycles. The van der Waals surface area contributed by atoms with Gasteiger partial charge in [0.25, 0.3) is 0 Å². The van der Waals surface area contributed by atoms with Gasteiger partial charge in [-0.2, -0.15) is 5.10 Å². The van der Waals surface area contributed by atoms with Gasteiger partial charge in [0.1, 0.15) is 0 Å². The van der Waals surface area contributed by atoms with E-state index < -0.39 is 0 Å². The molecule has 0 atom stereocenters. The molecule has 21 heavy (non-hydrogen) atoms. The Morgan fingerprint density at radius 2 is 2.00 bits per heavy atom. The molecule has 0 bridgehead atoms. The minimum absolute atomic E-state index is 0.0134. The highest BCUT2D eigenvalue weighted by Crippen LogP contribution is 2.31. The number of carbonyl (C=O) groups excluding carboxylic acids is 1. The molecule has 0 radical (unpaired) electrons. The summed E-state index contributed by atoms with van der Waals surface area (Å²) in [6.45, 7) is 3.10. The standard InChI is InChI=1S/C15H17BrN4O/c1-10-14(16)13(19(3)17-10)9-20-12-7-5-4-6-11(12)8-18(2)15(20)21/h4-7H,8-9H2,1-3H3. The molecule has 0 unspecified atom stereocenters. The minimum atomic E-state index is 0.0134. The van der Waals surface area contributed by atoms with Crippen LogP contribution in [0.3, 0.4) is 0 Å². The number of anilines is 1. The monoisotopic (exact) mass is 348 g/mol. The quantitative estimate of drug-likeness (QED) is 0.836. The first-order valence-electron chi connectivity index (χ1n) is 6.77. The fourth-order valence-corrected chi connectivity index (χ4v) is 3.16. The molecule has 3 rings (SSSR count). The van der Waals surface area contributed by atoms with Crippen molar-refractivity contribution >= 4 is 27.6 Å². The number of benzene rings is 1. The molecule has 2 aromatic rings. The van der Waals surface area contributed by atoms with E-state index in [1.165, 1.54) is 0 Å². The summed E-state index contributed by atoms with van der Waals surface area (Å²) in [5.41, 5.74) is 4.06. The van der Waals surface area contributed by atoms with Gasteiger partial charge in [0.2, 0.25) is 0 Å². The SMILES string of the molecule is Cc1nn(C)c(CN2C(=O)N(C)Cc3ccccc32)c1Br. The van der Waals surface area contributed by atoms with Crippen molar-refractivity contribution in [3.8, 4) is 0 Å². The largest absolute Gasteiger partial charge is 0.324 e. The van der Waals surface area contributed by atoms with E-state index in [1.807, 2.05) is 43.9 Å². The third kappa shape index (κ3) is 2.33. The molecular formula is C15H17BrN4O. The summed E-state index contributed by atoms with van der Waals surface area (Å²) in [7, 11) is 3.73. The molecule has 5 nitrogen and oxygen atoms in total. The lowest BCUT2D eigenvalue weighted by Crippen LogP contribution is -2.45. The molecule has 2 heterocycles. The van der Waals surface area contributed by atoms with E-state index >= 15 is 0 Å². The molecule has 1 aliphatic rings. The van der Waals surface area contributed by atoms with Gasteiger partial charge in [-0.05, 0) is 34.5 Å². The van der Waals surface area contributed by atoms with E-state index in [1.54, 1.807) is 9.80 Å². The Bertz CT molecular complexity index is 710. The average molecular weight is 349 g/mol. The number of carbonyl (C=O) groups is 1. The van der Waals surface area contributed by atoms with Crippen LogP contribution in [0.5, 0.6) is 0 Å². The second-order valence-corrected chi connectivity index (χ2v) is 6.12. The van der Waals surface area contributed by atoms with E-state index in [-0.39, 0.29) is 6.03 Å². The van der Waals surface area contributed by atoms with Crippen molar-refractivity contribution in [2.24, 2.45) is 7.05 Å². The van der Waals surface area contributed by atoms with E-state index in [2.05, 4.69) is 27.1 Å². The number of para-hydroxylation sites is 1. The molecule has 2 amide bonds. The van der Waals surface area contributed by atoms with Gasteiger partial charge >= 0.3 is 6.03 Å². The molecule has 0 spiro atoms. The van der Waals surface area contributed by atoms with Crippen molar-refractivity contribution in [1.82, 2.24) is 14.7 Å². The van der Waals surface area contributed by atoms with Crippen molar-refractivity contribution < 1.29 is 4.79 Å². The summed E-state index contributed by atoms with van der Waals surface area (Å²) in [6.07, 6.45) is 0. The molecule has 0 saturated heterocycles. The van der Waals surface area contributed by atoms with Gasteiger partial charge in [0, 0.05) is 20.6 Å². The summed E-state index contributed by atoms with van der Waals surface area (Å²) in [5, 5.41) is 4.39. The summed E-state index contributed by atoms with van der Waals surface area (Å²) in [5.74, 6) is 0. The number of urea groups is 1. The fraction of sp³-hybridized carbons (Fsp3) is 0.333. The fourth-order valence-electron chi connectivity index (χ4n) is 2.69. The van der Waals surface area contributed by atoms with Crippen LogP contribution >= 0.6 is 15.9 Å². The summed E-state index contributed by atoms with van der Waals surface area (Å²) in [4.78, 5) is 16.1. The number of rotatable bonds is 2. The maximum atomic E-state index is 12.5. The Balaban J connectivity index is 2.03. The Morgan fingerprint density at radius 1 is 1.29 bits per heavy atom. The third-order valence-electron chi connectivity index (χ3n) is 3.82. The van der Waals surface area contributed by atoms with E-state index in [0.717, 1.165) is 27.1 Å². The van der Waals surface area contributed by atoms with E-state index in [4.69, 9.17) is 0 Å². The van der Waals surface area contributed by atoms with Crippen molar-refractivity contribution in [3.05, 3.63) is 45.7 Å². The van der Waals surface area contributed by atoms with Crippen LogP contribution in [-0.4, -0.2) is 27.8 Å². The predicted octanol–water partition coefficient (Wildman–Crippen LogP) is 3.06. The maximum Gasteiger partial charge on any atom is 0.324 e. The van der Waals surface area contributed by atoms with Crippen molar-refractivity contribution in [1.29, 1.82) is 0 Å². The number of fused-ring (bicyclic) bond motifs is 1. The van der Waals surface area contributed by atoms with Gasteiger partial charge in [0.15, 0.2) is 0 Å². The lowest BCUT2D eigenvalue weighted by Gasteiger charge is -2.35. The van der Waals surface area contributed by atoms with Crippen LogP contribution in [-0.2, 0) is 20.1 Å². The molecule has 1 aromatic heterocycles. The van der Waals surface area contributed by atoms with Gasteiger partial charge in [-0.1, -0.05) is 18.2 Å². The lowest BCUT2D eigenvalue weighted by molar-refractivity contribution is 0.210. The first kappa shape index (κ1) is 14.1. The van der Waals surface area contributed by atoms with Gasteiger partial charge in [0.05, 0.1) is 28.1 Å². The van der Waals surface area contributed by atoms with Gasteiger partial charge < -0.3 is 4.90 Å². The zero-order chi connectivity index (χ0) is 15.1. The minimum Gasteiger partial charge on any atom is -0.323 e. The highest BCUT2D eigenvalue weighted by atomic mass is 79.9. The summed E-state index contributed by atoms with van der Waals surface area (Å²) < 4.78 is 2.78. The highest BCUT2D eigenvalue weighted by Gasteiger charge is 2.29. The summed E-state index contributed by atoms with van der Waals surface area (Å²) >= 11 is 3.57. The van der Waals surface area contributed by atoms with E-state index in [0.29, 0.717) is 13.1 Å². The second kappa shape index (κ2) is 5.18. The Morgan fingerprint density at radius 3 is 2.67 bits per heavy atom. The molecule has 110 valence electrons. The van der Waals surface area contributed by atoms with Crippen molar-refractivity contribution in [2.45, 2.75) is 20.0 Å². The van der Waals surface area contributed by atoms with Gasteiger partial charge in [-0.3, -0.25) is 9.58 Å². The first-order chi connectivity index (χ1) is 9.99. The number of aryl methyl sites for hydroxylation is 2. The topological polar surface area (TPSA) is 41.4 Å². The predicted molar refractivity (Wildman–Crippen MR) is 85.1 cm³/mol. The zero-order valence-corrected chi connectivity index (χ0v) is 13.9. The number of hydrogen-bond acceptors (Lipinski definition) is 2. The van der Waals surface area contributed by atoms with Crippen LogP contribution in [0.25, 0.3) is 0 Å². The summed E-state index contributed by atoms with van der Waals surface area (Å²) in [6, 6.07) is 8.05. The van der Waals surface area contributed by atoms with Gasteiger partial charge in [-0.25, -0.2) is 4.79 Å². The Hall–Kier alpha value is -1.82. The van der Waals surface area contributed by atoms with Crippen LogP contribution in [0.4, 0.5) is 10.5 Å². The number of aromatic nitrogens is 2. The third-order valence-corrected chi connectivity index (χ3v) is 4.85. The van der Waals surface area contributed by atoms with Crippen LogP contribution in [0.1, 0.15) is 17.0 Å². The average Bonchev–Trinajstić information content (AvgIpc) is 2.69. The van der Waals surface area contributed by atoms with Crippen LogP contribution in [0.15, 0.2) is 28.7 Å². The van der Waals surface area contributed by atoms with Crippen molar-refractivity contribution in [3.63, 3.8) is 0 Å². The van der Waals surface area contributed by atoms with E-state index in [9.17, 15) is 4.79 Å². The molecule has 0 aliphatic carbocycles. The Kier molecular flexibility index (Phi) is 3.49. The number of hydrogen-bond donors (Lipinski definition) is 0. The van der Waals surface area contributed by atoms with Gasteiger partial charge in [-0.15, -0.1) is 0 Å². The normalized spacial score (nSPS) is 14.6. The molecule has 0 saturated carbocycles. The number of halogens is 1. The first-order valence-corrected chi connectivity index (χ1v) is 7.57. The zero-order valence-electron chi connectivity index (χ0n) is 12.3. The maximum absolute atomic E-state index is 12.5. The second-order valence-electron chi connectivity index (χ2n) is 5.32. The van der Waals surface area contributed by atoms with Crippen LogP contribution < -0.4 is 4.90 Å².